The first-order chi connectivity index (χ1) is 11.5. The minimum atomic E-state index is -0.564. The summed E-state index contributed by atoms with van der Waals surface area (Å²) in [6.07, 6.45) is -0.282. The van der Waals surface area contributed by atoms with Gasteiger partial charge in [-0.05, 0) is 30.7 Å². The molecule has 0 saturated carbocycles. The molecule has 0 saturated heterocycles. The van der Waals surface area contributed by atoms with E-state index in [1.165, 1.54) is 12.1 Å². The Morgan fingerprint density at radius 3 is 2.50 bits per heavy atom. The summed E-state index contributed by atoms with van der Waals surface area (Å²) < 4.78 is 13.1. The fourth-order valence-corrected chi connectivity index (χ4v) is 2.39. The van der Waals surface area contributed by atoms with Gasteiger partial charge in [0.1, 0.15) is 12.2 Å². The molecule has 1 N–H and O–H groups in total. The normalized spacial score (nSPS) is 10.3. The lowest BCUT2D eigenvalue weighted by molar-refractivity contribution is -0.134. The van der Waals surface area contributed by atoms with Gasteiger partial charge in [0.05, 0.1) is 5.02 Å². The van der Waals surface area contributed by atoms with Crippen LogP contribution in [-0.4, -0.2) is 23.3 Å². The van der Waals surface area contributed by atoms with Crippen molar-refractivity contribution in [2.45, 2.75) is 19.9 Å². The molecule has 0 aliphatic heterocycles. The highest BCUT2D eigenvalue weighted by Crippen LogP contribution is 2.19. The molecule has 6 heteroatoms. The first-order valence-corrected chi connectivity index (χ1v) is 7.94. The third-order valence-electron chi connectivity index (χ3n) is 3.47. The van der Waals surface area contributed by atoms with Gasteiger partial charge in [0, 0.05) is 18.8 Å². The number of hydrogen-bond acceptors (Lipinski definition) is 2. The van der Waals surface area contributed by atoms with Gasteiger partial charge in [-0.1, -0.05) is 41.9 Å². The van der Waals surface area contributed by atoms with E-state index in [-0.39, 0.29) is 17.4 Å². The lowest BCUT2D eigenvalue weighted by atomic mass is 10.2. The minimum Gasteiger partial charge on any atom is -0.338 e. The lowest BCUT2D eigenvalue weighted by Gasteiger charge is -2.20. The van der Waals surface area contributed by atoms with E-state index in [1.54, 1.807) is 4.90 Å². The van der Waals surface area contributed by atoms with Crippen LogP contribution >= 0.6 is 11.6 Å². The molecule has 24 heavy (non-hydrogen) atoms. The molecule has 0 spiro atoms. The van der Waals surface area contributed by atoms with Crippen molar-refractivity contribution in [1.29, 1.82) is 0 Å². The Hall–Kier alpha value is -2.40. The van der Waals surface area contributed by atoms with E-state index in [0.717, 1.165) is 11.6 Å². The largest absolute Gasteiger partial charge is 0.338 e. The maximum Gasteiger partial charge on any atom is 0.233 e. The van der Waals surface area contributed by atoms with Gasteiger partial charge in [0.25, 0.3) is 0 Å². The van der Waals surface area contributed by atoms with Gasteiger partial charge in [-0.3, -0.25) is 9.59 Å². The first-order valence-electron chi connectivity index (χ1n) is 7.56. The van der Waals surface area contributed by atoms with Gasteiger partial charge in [-0.15, -0.1) is 0 Å². The van der Waals surface area contributed by atoms with Crippen LogP contribution in [0.25, 0.3) is 0 Å². The van der Waals surface area contributed by atoms with Crippen LogP contribution in [-0.2, 0) is 16.1 Å². The number of nitrogens with one attached hydrogen (secondary N) is 1. The molecule has 0 aromatic heterocycles. The third-order valence-corrected chi connectivity index (χ3v) is 3.76. The second-order valence-electron chi connectivity index (χ2n) is 5.25. The second-order valence-corrected chi connectivity index (χ2v) is 5.65. The predicted octanol–water partition coefficient (Wildman–Crippen LogP) is 3.86. The molecule has 2 rings (SSSR count). The average Bonchev–Trinajstić information content (AvgIpc) is 2.56. The van der Waals surface area contributed by atoms with Gasteiger partial charge in [0.15, 0.2) is 0 Å². The van der Waals surface area contributed by atoms with Crippen molar-refractivity contribution >= 4 is 29.1 Å². The van der Waals surface area contributed by atoms with Crippen LogP contribution in [0.15, 0.2) is 48.5 Å². The topological polar surface area (TPSA) is 49.4 Å². The Morgan fingerprint density at radius 1 is 1.17 bits per heavy atom. The molecule has 0 aliphatic carbocycles. The van der Waals surface area contributed by atoms with Gasteiger partial charge in [-0.25, -0.2) is 4.39 Å². The molecule has 0 bridgehead atoms. The summed E-state index contributed by atoms with van der Waals surface area (Å²) in [6.45, 7) is 2.81. The zero-order chi connectivity index (χ0) is 17.5. The van der Waals surface area contributed by atoms with Gasteiger partial charge in [0.2, 0.25) is 11.8 Å². The number of rotatable bonds is 6. The number of carbonyl (C=O) groups excluding carboxylic acids is 2. The van der Waals surface area contributed by atoms with E-state index < -0.39 is 11.7 Å². The number of anilines is 1. The molecule has 126 valence electrons. The molecule has 2 amide bonds. The minimum absolute atomic E-state index is 0.0848. The van der Waals surface area contributed by atoms with Gasteiger partial charge >= 0.3 is 0 Å². The Labute approximate surface area is 145 Å². The maximum atomic E-state index is 13.1. The average molecular weight is 349 g/mol. The molecule has 0 heterocycles. The standard InChI is InChI=1S/C18H18ClFN2O2/c1-2-22(12-13-6-4-3-5-7-13)18(24)11-17(23)21-14-8-9-16(20)15(19)10-14/h3-10H,2,11-12H2,1H3,(H,21,23). The van der Waals surface area contributed by atoms with Crippen molar-refractivity contribution in [3.8, 4) is 0 Å². The molecule has 0 atom stereocenters. The Kier molecular flexibility index (Phi) is 6.32. The summed E-state index contributed by atoms with van der Waals surface area (Å²) in [7, 11) is 0. The molecule has 2 aromatic rings. The van der Waals surface area contributed by atoms with E-state index >= 15 is 0 Å². The molecular formula is C18H18ClFN2O2. The number of halogens is 2. The van der Waals surface area contributed by atoms with Crippen molar-refractivity contribution in [3.05, 3.63) is 64.9 Å². The van der Waals surface area contributed by atoms with E-state index in [1.807, 2.05) is 37.3 Å². The van der Waals surface area contributed by atoms with Crippen LogP contribution < -0.4 is 5.32 Å². The Bertz CT molecular complexity index is 722. The van der Waals surface area contributed by atoms with Crippen molar-refractivity contribution in [1.82, 2.24) is 4.90 Å². The summed E-state index contributed by atoms with van der Waals surface area (Å²) >= 11 is 5.66. The molecule has 0 fully saturated rings. The van der Waals surface area contributed by atoms with Crippen molar-refractivity contribution in [3.63, 3.8) is 0 Å². The molecule has 0 unspecified atom stereocenters. The Morgan fingerprint density at radius 2 is 1.88 bits per heavy atom. The monoisotopic (exact) mass is 348 g/mol. The molecule has 2 aromatic carbocycles. The maximum absolute atomic E-state index is 13.1. The van der Waals surface area contributed by atoms with E-state index in [0.29, 0.717) is 18.8 Å². The zero-order valence-electron chi connectivity index (χ0n) is 13.3. The summed E-state index contributed by atoms with van der Waals surface area (Å²) in [4.78, 5) is 25.9. The number of carbonyl (C=O) groups is 2. The SMILES string of the molecule is CCN(Cc1ccccc1)C(=O)CC(=O)Nc1ccc(F)c(Cl)c1. The van der Waals surface area contributed by atoms with Crippen LogP contribution in [0.1, 0.15) is 18.9 Å². The van der Waals surface area contributed by atoms with Crippen LogP contribution in [0.4, 0.5) is 10.1 Å². The summed E-state index contributed by atoms with van der Waals surface area (Å²) in [5.74, 6) is -1.30. The van der Waals surface area contributed by atoms with E-state index in [4.69, 9.17) is 11.6 Å². The lowest BCUT2D eigenvalue weighted by Crippen LogP contribution is -2.33. The van der Waals surface area contributed by atoms with E-state index in [9.17, 15) is 14.0 Å². The van der Waals surface area contributed by atoms with Crippen molar-refractivity contribution < 1.29 is 14.0 Å². The molecule has 0 aliphatic rings. The second kappa shape index (κ2) is 8.45. The van der Waals surface area contributed by atoms with E-state index in [2.05, 4.69) is 5.32 Å². The summed E-state index contributed by atoms with van der Waals surface area (Å²) in [6, 6.07) is 13.4. The number of hydrogen-bond donors (Lipinski definition) is 1. The number of nitrogens with zero attached hydrogens (tertiary/aromatic N) is 1. The zero-order valence-corrected chi connectivity index (χ0v) is 14.0. The number of amides is 2. The predicted molar refractivity (Wildman–Crippen MR) is 92.2 cm³/mol. The molecule has 0 radical (unpaired) electrons. The quantitative estimate of drug-likeness (QED) is 0.806. The fourth-order valence-electron chi connectivity index (χ4n) is 2.21. The van der Waals surface area contributed by atoms with Crippen LogP contribution in [0.3, 0.4) is 0 Å². The van der Waals surface area contributed by atoms with Gasteiger partial charge < -0.3 is 10.2 Å². The summed E-state index contributed by atoms with van der Waals surface area (Å²) in [5.41, 5.74) is 1.35. The Balaban J connectivity index is 1.93. The smallest absolute Gasteiger partial charge is 0.233 e. The van der Waals surface area contributed by atoms with Gasteiger partial charge in [-0.2, -0.15) is 0 Å². The molecular weight excluding hydrogens is 331 g/mol. The molecule has 4 nitrogen and oxygen atoms in total. The fraction of sp³-hybridized carbons (Fsp3) is 0.222. The number of benzene rings is 2. The summed E-state index contributed by atoms with van der Waals surface area (Å²) in [5, 5.41) is 2.46. The highest BCUT2D eigenvalue weighted by atomic mass is 35.5. The van der Waals surface area contributed by atoms with Crippen LogP contribution in [0, 0.1) is 5.82 Å². The highest BCUT2D eigenvalue weighted by Gasteiger charge is 2.16. The van der Waals surface area contributed by atoms with Crippen molar-refractivity contribution in [2.24, 2.45) is 0 Å². The van der Waals surface area contributed by atoms with Crippen LogP contribution in [0.2, 0.25) is 5.02 Å². The third kappa shape index (κ3) is 5.06. The first kappa shape index (κ1) is 17.9. The highest BCUT2D eigenvalue weighted by molar-refractivity contribution is 6.31. The van der Waals surface area contributed by atoms with Crippen molar-refractivity contribution in [2.75, 3.05) is 11.9 Å². The van der Waals surface area contributed by atoms with Crippen LogP contribution in [0.5, 0.6) is 0 Å².